The van der Waals surface area contributed by atoms with Crippen LogP contribution in [0.3, 0.4) is 0 Å². The van der Waals surface area contributed by atoms with E-state index in [4.69, 9.17) is 0 Å². The summed E-state index contributed by atoms with van der Waals surface area (Å²) in [4.78, 5) is 24.0. The van der Waals surface area contributed by atoms with Crippen molar-refractivity contribution < 1.29 is 27.2 Å². The molecule has 1 aliphatic rings. The molecule has 2 N–H and O–H groups in total. The van der Waals surface area contributed by atoms with Crippen molar-refractivity contribution in [2.24, 2.45) is 0 Å². The maximum Gasteiger partial charge on any atom is 0.435 e. The number of nitrogens with zero attached hydrogens (tertiary/aromatic N) is 3. The van der Waals surface area contributed by atoms with Crippen molar-refractivity contribution in [2.75, 3.05) is 10.6 Å². The Kier molecular flexibility index (Phi) is 4.72. The second-order valence-electron chi connectivity index (χ2n) is 6.55. The van der Waals surface area contributed by atoms with Crippen LogP contribution in [-0.2, 0) is 17.4 Å². The molecule has 30 heavy (non-hydrogen) atoms. The van der Waals surface area contributed by atoms with Gasteiger partial charge in [-0.05, 0) is 48.4 Å². The second-order valence-corrected chi connectivity index (χ2v) is 6.55. The molecule has 0 unspecified atom stereocenters. The minimum absolute atomic E-state index is 0.136. The van der Waals surface area contributed by atoms with Crippen molar-refractivity contribution in [3.8, 4) is 5.69 Å². The Balaban J connectivity index is 1.67. The number of hydrogen-bond acceptors (Lipinski definition) is 4. The molecule has 0 fully saturated rings. The zero-order valence-corrected chi connectivity index (χ0v) is 15.1. The number of carbonyl (C=O) groups excluding carboxylic acids is 2. The maximum atomic E-state index is 13.7. The lowest BCUT2D eigenvalue weighted by molar-refractivity contribution is -0.143. The molecule has 0 saturated heterocycles. The third-order valence-electron chi connectivity index (χ3n) is 4.47. The number of benzene rings is 2. The molecule has 0 spiro atoms. The Bertz CT molecular complexity index is 1160. The summed E-state index contributed by atoms with van der Waals surface area (Å²) in [5.41, 5.74) is -1.03. The van der Waals surface area contributed by atoms with Gasteiger partial charge in [-0.2, -0.15) is 13.2 Å². The first-order chi connectivity index (χ1) is 14.2. The normalized spacial score (nSPS) is 13.5. The maximum absolute atomic E-state index is 13.7. The summed E-state index contributed by atoms with van der Waals surface area (Å²) < 4.78 is 54.8. The topological polar surface area (TPSA) is 88.9 Å². The summed E-state index contributed by atoms with van der Waals surface area (Å²) in [5, 5.41) is 11.8. The van der Waals surface area contributed by atoms with E-state index in [1.807, 2.05) is 0 Å². The number of carbonyl (C=O) groups is 2. The molecule has 2 heterocycles. The van der Waals surface area contributed by atoms with Gasteiger partial charge in [-0.15, -0.1) is 5.10 Å². The third kappa shape index (κ3) is 3.73. The van der Waals surface area contributed by atoms with Crippen LogP contribution < -0.4 is 10.6 Å². The molecular formula is C19H13F4N5O2. The first kappa shape index (κ1) is 19.6. The molecule has 7 nitrogen and oxygen atoms in total. The zero-order chi connectivity index (χ0) is 21.5. The summed E-state index contributed by atoms with van der Waals surface area (Å²) in [6.45, 7) is 0. The first-order valence-corrected chi connectivity index (χ1v) is 8.75. The third-order valence-corrected chi connectivity index (χ3v) is 4.47. The molecular weight excluding hydrogens is 406 g/mol. The van der Waals surface area contributed by atoms with E-state index in [1.54, 1.807) is 12.1 Å². The fourth-order valence-corrected chi connectivity index (χ4v) is 3.13. The highest BCUT2D eigenvalue weighted by molar-refractivity contribution is 6.04. The highest BCUT2D eigenvalue weighted by Crippen LogP contribution is 2.33. The lowest BCUT2D eigenvalue weighted by Crippen LogP contribution is -2.22. The number of fused-ring (bicyclic) bond motifs is 1. The van der Waals surface area contributed by atoms with Crippen LogP contribution >= 0.6 is 0 Å². The Morgan fingerprint density at radius 1 is 1.13 bits per heavy atom. The molecule has 3 aromatic rings. The quantitative estimate of drug-likeness (QED) is 0.636. The van der Waals surface area contributed by atoms with Gasteiger partial charge >= 0.3 is 6.18 Å². The van der Waals surface area contributed by atoms with Crippen LogP contribution in [0, 0.1) is 5.82 Å². The molecule has 0 radical (unpaired) electrons. The fraction of sp³-hybridized carbons (Fsp3) is 0.158. The lowest BCUT2D eigenvalue weighted by Gasteiger charge is -2.17. The van der Waals surface area contributed by atoms with Crippen molar-refractivity contribution in [3.05, 3.63) is 65.2 Å². The standard InChI is InChI=1S/C19H13F4N5O2/c20-11-2-1-3-13(9-11)28-17(19(21,22)23)16(26-27-28)18(30)24-12-5-6-14-10(8-12)4-7-15(29)25-14/h1-3,5-6,8-9H,4,7H2,(H,24,30)(H,25,29). The molecule has 4 rings (SSSR count). The monoisotopic (exact) mass is 419 g/mol. The van der Waals surface area contributed by atoms with Crippen LogP contribution in [0.15, 0.2) is 42.5 Å². The van der Waals surface area contributed by atoms with Gasteiger partial charge in [0.1, 0.15) is 5.82 Å². The summed E-state index contributed by atoms with van der Waals surface area (Å²) in [7, 11) is 0. The van der Waals surface area contributed by atoms with E-state index in [0.29, 0.717) is 16.8 Å². The van der Waals surface area contributed by atoms with Crippen LogP contribution in [-0.4, -0.2) is 26.8 Å². The van der Waals surface area contributed by atoms with Crippen LogP contribution in [0.1, 0.15) is 28.2 Å². The largest absolute Gasteiger partial charge is 0.435 e. The Morgan fingerprint density at radius 2 is 1.93 bits per heavy atom. The number of aryl methyl sites for hydroxylation is 1. The lowest BCUT2D eigenvalue weighted by atomic mass is 10.0. The number of aromatic nitrogens is 3. The van der Waals surface area contributed by atoms with Crippen molar-refractivity contribution in [1.82, 2.24) is 15.0 Å². The summed E-state index contributed by atoms with van der Waals surface area (Å²) in [6, 6.07) is 8.92. The Hall–Kier alpha value is -3.76. The number of hydrogen-bond donors (Lipinski definition) is 2. The molecule has 154 valence electrons. The smallest absolute Gasteiger partial charge is 0.326 e. The van der Waals surface area contributed by atoms with Crippen LogP contribution in [0.5, 0.6) is 0 Å². The van der Waals surface area contributed by atoms with E-state index in [9.17, 15) is 27.2 Å². The zero-order valence-electron chi connectivity index (χ0n) is 15.1. The molecule has 0 bridgehead atoms. The van der Waals surface area contributed by atoms with Crippen molar-refractivity contribution in [3.63, 3.8) is 0 Å². The van der Waals surface area contributed by atoms with E-state index in [1.165, 1.54) is 18.2 Å². The van der Waals surface area contributed by atoms with Crippen molar-refractivity contribution >= 4 is 23.2 Å². The Labute approximate surface area is 166 Å². The van der Waals surface area contributed by atoms with Gasteiger partial charge in [0.05, 0.1) is 5.69 Å². The van der Waals surface area contributed by atoms with E-state index < -0.39 is 29.3 Å². The molecule has 1 aliphatic heterocycles. The second kappa shape index (κ2) is 7.25. The van der Waals surface area contributed by atoms with Crippen molar-refractivity contribution in [2.45, 2.75) is 19.0 Å². The molecule has 2 aromatic carbocycles. The van der Waals surface area contributed by atoms with Crippen LogP contribution in [0.4, 0.5) is 28.9 Å². The fourth-order valence-electron chi connectivity index (χ4n) is 3.13. The average Bonchev–Trinajstić information content (AvgIpc) is 3.14. The first-order valence-electron chi connectivity index (χ1n) is 8.75. The number of anilines is 2. The molecule has 0 atom stereocenters. The van der Waals surface area contributed by atoms with Gasteiger partial charge in [-0.25, -0.2) is 9.07 Å². The number of alkyl halides is 3. The van der Waals surface area contributed by atoms with Gasteiger partial charge < -0.3 is 10.6 Å². The molecule has 1 aromatic heterocycles. The highest BCUT2D eigenvalue weighted by Gasteiger charge is 2.42. The van der Waals surface area contributed by atoms with E-state index in [-0.39, 0.29) is 23.7 Å². The van der Waals surface area contributed by atoms with E-state index >= 15 is 0 Å². The highest BCUT2D eigenvalue weighted by atomic mass is 19.4. The van der Waals surface area contributed by atoms with Crippen molar-refractivity contribution in [1.29, 1.82) is 0 Å². The van der Waals surface area contributed by atoms with Crippen LogP contribution in [0.25, 0.3) is 5.69 Å². The number of amides is 2. The summed E-state index contributed by atoms with van der Waals surface area (Å²) >= 11 is 0. The molecule has 0 aliphatic carbocycles. The summed E-state index contributed by atoms with van der Waals surface area (Å²) in [6.07, 6.45) is -4.26. The van der Waals surface area contributed by atoms with Gasteiger partial charge in [-0.3, -0.25) is 9.59 Å². The van der Waals surface area contributed by atoms with Gasteiger partial charge in [-0.1, -0.05) is 11.3 Å². The average molecular weight is 419 g/mol. The minimum Gasteiger partial charge on any atom is -0.326 e. The Morgan fingerprint density at radius 3 is 2.67 bits per heavy atom. The molecule has 11 heteroatoms. The number of halogens is 4. The van der Waals surface area contributed by atoms with E-state index in [2.05, 4.69) is 20.9 Å². The van der Waals surface area contributed by atoms with Gasteiger partial charge in [0, 0.05) is 17.8 Å². The number of nitrogens with one attached hydrogen (secondary N) is 2. The van der Waals surface area contributed by atoms with Gasteiger partial charge in [0.25, 0.3) is 5.91 Å². The predicted molar refractivity (Wildman–Crippen MR) is 97.7 cm³/mol. The van der Waals surface area contributed by atoms with Gasteiger partial charge in [0.2, 0.25) is 5.91 Å². The van der Waals surface area contributed by atoms with Gasteiger partial charge in [0.15, 0.2) is 11.4 Å². The van der Waals surface area contributed by atoms with Crippen LogP contribution in [0.2, 0.25) is 0 Å². The van der Waals surface area contributed by atoms with E-state index in [0.717, 1.165) is 17.7 Å². The SMILES string of the molecule is O=C1CCc2cc(NC(=O)c3nnn(-c4cccc(F)c4)c3C(F)(F)F)ccc2N1. The predicted octanol–water partition coefficient (Wildman–Crippen LogP) is 3.56. The molecule has 0 saturated carbocycles. The molecule has 2 amide bonds. The minimum atomic E-state index is -4.97. The summed E-state index contributed by atoms with van der Waals surface area (Å²) in [5.74, 6) is -2.02. The number of rotatable bonds is 3.